The molecule has 0 aromatic heterocycles. The molecule has 0 spiro atoms. The van der Waals surface area contributed by atoms with E-state index in [0.717, 1.165) is 5.56 Å². The minimum Gasteiger partial charge on any atom is -0.353 e. The number of anilines is 1. The first-order chi connectivity index (χ1) is 12.5. The van der Waals surface area contributed by atoms with Gasteiger partial charge in [0.05, 0.1) is 11.0 Å². The molecule has 0 saturated heterocycles. The lowest BCUT2D eigenvalue weighted by Gasteiger charge is -2.16. The lowest BCUT2D eigenvalue weighted by Crippen LogP contribution is -2.36. The van der Waals surface area contributed by atoms with Gasteiger partial charge in [0.25, 0.3) is 0 Å². The number of benzene rings is 2. The zero-order chi connectivity index (χ0) is 18.9. The average molecular weight is 375 g/mol. The smallest absolute Gasteiger partial charge is 0.234 e. The van der Waals surface area contributed by atoms with Crippen molar-refractivity contribution in [2.45, 2.75) is 18.2 Å². The molecule has 0 radical (unpaired) electrons. The second kappa shape index (κ2) is 9.94. The molecule has 0 heterocycles. The number of carbonyl (C=O) groups is 2. The second-order valence-corrected chi connectivity index (χ2v) is 7.10. The van der Waals surface area contributed by atoms with Crippen molar-refractivity contribution in [1.29, 1.82) is 0 Å². The Hall–Kier alpha value is -2.38. The molecule has 2 amide bonds. The molecule has 138 valence electrons. The number of carbonyl (C=O) groups excluding carboxylic acids is 2. The first-order valence-electron chi connectivity index (χ1n) is 8.21. The summed E-state index contributed by atoms with van der Waals surface area (Å²) in [5.41, 5.74) is 7.52. The minimum atomic E-state index is -0.392. The molecule has 4 N–H and O–H groups in total. The molecule has 2 unspecified atom stereocenters. The largest absolute Gasteiger partial charge is 0.353 e. The molecule has 2 aromatic carbocycles. The van der Waals surface area contributed by atoms with Crippen molar-refractivity contribution in [2.75, 3.05) is 17.6 Å². The molecule has 26 heavy (non-hydrogen) atoms. The maximum Gasteiger partial charge on any atom is 0.234 e. The van der Waals surface area contributed by atoms with Crippen LogP contribution in [0, 0.1) is 5.82 Å². The number of thioether (sulfide) groups is 1. The highest BCUT2D eigenvalue weighted by molar-refractivity contribution is 8.01. The summed E-state index contributed by atoms with van der Waals surface area (Å²) in [6.45, 7) is 2.06. The highest BCUT2D eigenvalue weighted by Crippen LogP contribution is 2.14. The predicted octanol–water partition coefficient (Wildman–Crippen LogP) is 2.70. The second-order valence-electron chi connectivity index (χ2n) is 5.77. The monoisotopic (exact) mass is 375 g/mol. The van der Waals surface area contributed by atoms with Crippen molar-refractivity contribution in [2.24, 2.45) is 5.73 Å². The van der Waals surface area contributed by atoms with E-state index in [1.165, 1.54) is 36.0 Å². The molecule has 7 heteroatoms. The fourth-order valence-electron chi connectivity index (χ4n) is 2.18. The Kier molecular flexibility index (Phi) is 7.62. The number of amides is 2. The highest BCUT2D eigenvalue weighted by Gasteiger charge is 2.16. The van der Waals surface area contributed by atoms with Crippen LogP contribution in [-0.4, -0.2) is 29.4 Å². The highest BCUT2D eigenvalue weighted by atomic mass is 32.2. The van der Waals surface area contributed by atoms with Crippen LogP contribution in [0.3, 0.4) is 0 Å². The molecular weight excluding hydrogens is 353 g/mol. The van der Waals surface area contributed by atoms with E-state index in [9.17, 15) is 14.0 Å². The molecule has 0 aliphatic rings. The topological polar surface area (TPSA) is 84.2 Å². The van der Waals surface area contributed by atoms with E-state index in [1.807, 2.05) is 30.3 Å². The van der Waals surface area contributed by atoms with Crippen molar-refractivity contribution in [3.05, 3.63) is 66.0 Å². The summed E-state index contributed by atoms with van der Waals surface area (Å²) < 4.78 is 12.8. The van der Waals surface area contributed by atoms with Gasteiger partial charge in [0, 0.05) is 18.3 Å². The van der Waals surface area contributed by atoms with E-state index in [1.54, 1.807) is 6.92 Å². The number of nitrogens with two attached hydrogens (primary N) is 1. The molecular formula is C19H22FN3O2S. The van der Waals surface area contributed by atoms with Crippen LogP contribution in [-0.2, 0) is 9.59 Å². The summed E-state index contributed by atoms with van der Waals surface area (Å²) in [4.78, 5) is 24.0. The summed E-state index contributed by atoms with van der Waals surface area (Å²) in [7, 11) is 0. The standard InChI is InChI=1S/C19H22FN3O2S/c1-13(19(25)22-11-17(21)14-5-3-2-4-6-14)26-12-18(24)23-16-9-7-15(20)8-10-16/h2-10,13,17H,11-12,21H2,1H3,(H,22,25)(H,23,24). The molecule has 0 aliphatic heterocycles. The lowest BCUT2D eigenvalue weighted by molar-refractivity contribution is -0.120. The van der Waals surface area contributed by atoms with Gasteiger partial charge < -0.3 is 16.4 Å². The number of rotatable bonds is 8. The Labute approximate surface area is 156 Å². The molecule has 0 fully saturated rings. The maximum absolute atomic E-state index is 12.8. The Morgan fingerprint density at radius 1 is 1.12 bits per heavy atom. The van der Waals surface area contributed by atoms with Crippen molar-refractivity contribution in [1.82, 2.24) is 5.32 Å². The van der Waals surface area contributed by atoms with E-state index in [2.05, 4.69) is 10.6 Å². The third-order valence-electron chi connectivity index (χ3n) is 3.69. The molecule has 0 aliphatic carbocycles. The van der Waals surface area contributed by atoms with Crippen LogP contribution in [0.1, 0.15) is 18.5 Å². The van der Waals surface area contributed by atoms with Crippen molar-refractivity contribution in [3.8, 4) is 0 Å². The van der Waals surface area contributed by atoms with Crippen LogP contribution < -0.4 is 16.4 Å². The Balaban J connectivity index is 1.71. The quantitative estimate of drug-likeness (QED) is 0.662. The van der Waals surface area contributed by atoms with E-state index in [4.69, 9.17) is 5.73 Å². The van der Waals surface area contributed by atoms with Gasteiger partial charge in [-0.15, -0.1) is 11.8 Å². The predicted molar refractivity (Wildman–Crippen MR) is 103 cm³/mol. The SMILES string of the molecule is CC(SCC(=O)Nc1ccc(F)cc1)C(=O)NCC(N)c1ccccc1. The Bertz CT molecular complexity index is 725. The van der Waals surface area contributed by atoms with Gasteiger partial charge in [0.1, 0.15) is 5.82 Å². The zero-order valence-electron chi connectivity index (χ0n) is 14.4. The van der Waals surface area contributed by atoms with Gasteiger partial charge in [0.15, 0.2) is 0 Å². The molecule has 0 bridgehead atoms. The molecule has 0 saturated carbocycles. The summed E-state index contributed by atoms with van der Waals surface area (Å²) >= 11 is 1.22. The summed E-state index contributed by atoms with van der Waals surface area (Å²) in [6.07, 6.45) is 0. The van der Waals surface area contributed by atoms with Gasteiger partial charge in [-0.2, -0.15) is 0 Å². The minimum absolute atomic E-state index is 0.122. The molecule has 5 nitrogen and oxygen atoms in total. The van der Waals surface area contributed by atoms with Gasteiger partial charge in [0.2, 0.25) is 11.8 Å². The Morgan fingerprint density at radius 2 is 1.77 bits per heavy atom. The van der Waals surface area contributed by atoms with Crippen LogP contribution in [0.5, 0.6) is 0 Å². The third kappa shape index (κ3) is 6.50. The van der Waals surface area contributed by atoms with Crippen LogP contribution in [0.2, 0.25) is 0 Å². The van der Waals surface area contributed by atoms with Crippen LogP contribution in [0.15, 0.2) is 54.6 Å². The van der Waals surface area contributed by atoms with Gasteiger partial charge >= 0.3 is 0 Å². The third-order valence-corrected chi connectivity index (χ3v) is 4.83. The first kappa shape index (κ1) is 19.9. The van der Waals surface area contributed by atoms with Gasteiger partial charge in [-0.25, -0.2) is 4.39 Å². The first-order valence-corrected chi connectivity index (χ1v) is 9.26. The van der Waals surface area contributed by atoms with Crippen molar-refractivity contribution in [3.63, 3.8) is 0 Å². The zero-order valence-corrected chi connectivity index (χ0v) is 15.3. The van der Waals surface area contributed by atoms with Crippen molar-refractivity contribution < 1.29 is 14.0 Å². The lowest BCUT2D eigenvalue weighted by atomic mass is 10.1. The van der Waals surface area contributed by atoms with Crippen LogP contribution >= 0.6 is 11.8 Å². The maximum atomic E-state index is 12.8. The van der Waals surface area contributed by atoms with E-state index >= 15 is 0 Å². The van der Waals surface area contributed by atoms with Crippen LogP contribution in [0.25, 0.3) is 0 Å². The molecule has 2 rings (SSSR count). The van der Waals surface area contributed by atoms with Gasteiger partial charge in [-0.05, 0) is 36.8 Å². The summed E-state index contributed by atoms with van der Waals surface area (Å²) in [5, 5.41) is 5.07. The fraction of sp³-hybridized carbons (Fsp3) is 0.263. The van der Waals surface area contributed by atoms with Gasteiger partial charge in [-0.1, -0.05) is 30.3 Å². The summed E-state index contributed by atoms with van der Waals surface area (Å²) in [6, 6.07) is 14.8. The number of halogens is 1. The van der Waals surface area contributed by atoms with E-state index in [-0.39, 0.29) is 29.4 Å². The summed E-state index contributed by atoms with van der Waals surface area (Å²) in [5.74, 6) is -0.661. The molecule has 2 atom stereocenters. The number of hydrogen-bond acceptors (Lipinski definition) is 4. The fourth-order valence-corrected chi connectivity index (χ4v) is 2.89. The average Bonchev–Trinajstić information content (AvgIpc) is 2.66. The van der Waals surface area contributed by atoms with Gasteiger partial charge in [-0.3, -0.25) is 9.59 Å². The van der Waals surface area contributed by atoms with E-state index in [0.29, 0.717) is 12.2 Å². The number of hydrogen-bond donors (Lipinski definition) is 3. The normalized spacial score (nSPS) is 12.9. The Morgan fingerprint density at radius 3 is 2.42 bits per heavy atom. The molecule has 2 aromatic rings. The number of nitrogens with one attached hydrogen (secondary N) is 2. The van der Waals surface area contributed by atoms with Crippen molar-refractivity contribution >= 4 is 29.3 Å². The van der Waals surface area contributed by atoms with E-state index < -0.39 is 5.25 Å². The van der Waals surface area contributed by atoms with Crippen LogP contribution in [0.4, 0.5) is 10.1 Å².